The van der Waals surface area contributed by atoms with E-state index in [2.05, 4.69) is 4.98 Å². The van der Waals surface area contributed by atoms with Crippen molar-refractivity contribution in [2.45, 2.75) is 24.0 Å². The molecule has 1 aromatic carbocycles. The lowest BCUT2D eigenvalue weighted by molar-refractivity contribution is 0.602. The van der Waals surface area contributed by atoms with E-state index in [1.165, 1.54) is 22.7 Å². The minimum absolute atomic E-state index is 0.169. The van der Waals surface area contributed by atoms with Crippen LogP contribution in [-0.4, -0.2) is 11.5 Å². The summed E-state index contributed by atoms with van der Waals surface area (Å²) in [5.74, 6) is 0.537. The Kier molecular flexibility index (Phi) is 4.74. The van der Waals surface area contributed by atoms with Crippen LogP contribution in [0.2, 0.25) is 0 Å². The van der Waals surface area contributed by atoms with Crippen LogP contribution in [0.3, 0.4) is 0 Å². The van der Waals surface area contributed by atoms with E-state index in [4.69, 9.17) is 5.73 Å². The lowest BCUT2D eigenvalue weighted by atomic mass is 10.3. The second-order valence-corrected chi connectivity index (χ2v) is 6.06. The molecule has 0 atom stereocenters. The fraction of sp³-hybridized carbons (Fsp3) is 0.308. The summed E-state index contributed by atoms with van der Waals surface area (Å²) in [5, 5.41) is 1.03. The molecule has 2 rings (SSSR count). The molecular weight excluding hydrogens is 267 g/mol. The quantitative estimate of drug-likeness (QED) is 0.854. The normalized spacial score (nSPS) is 10.8. The van der Waals surface area contributed by atoms with Crippen molar-refractivity contribution in [1.82, 2.24) is 4.98 Å². The van der Waals surface area contributed by atoms with Gasteiger partial charge >= 0.3 is 0 Å². The Bertz CT molecular complexity index is 525. The smallest absolute Gasteiger partial charge is 0.136 e. The van der Waals surface area contributed by atoms with Crippen molar-refractivity contribution in [3.05, 3.63) is 45.7 Å². The number of nitrogens with zero attached hydrogens (tertiary/aromatic N) is 1. The van der Waals surface area contributed by atoms with Crippen LogP contribution >= 0.6 is 23.1 Å². The van der Waals surface area contributed by atoms with Crippen LogP contribution in [0.5, 0.6) is 0 Å². The second kappa shape index (κ2) is 6.31. The third-order valence-electron chi connectivity index (χ3n) is 2.50. The van der Waals surface area contributed by atoms with E-state index in [0.29, 0.717) is 17.2 Å². The van der Waals surface area contributed by atoms with Crippen LogP contribution in [0.15, 0.2) is 29.2 Å². The van der Waals surface area contributed by atoms with E-state index in [1.807, 2.05) is 13.0 Å². The first-order chi connectivity index (χ1) is 8.70. The Morgan fingerprint density at radius 3 is 2.89 bits per heavy atom. The fourth-order valence-corrected chi connectivity index (χ4v) is 3.63. The van der Waals surface area contributed by atoms with Gasteiger partial charge in [-0.25, -0.2) is 9.37 Å². The molecule has 0 amide bonds. The molecule has 2 nitrogen and oxygen atoms in total. The first-order valence-electron chi connectivity index (χ1n) is 5.73. The Labute approximate surface area is 114 Å². The molecule has 0 aliphatic carbocycles. The summed E-state index contributed by atoms with van der Waals surface area (Å²) >= 11 is 3.16. The molecule has 2 N–H and O–H groups in total. The number of thiazole rings is 1. The van der Waals surface area contributed by atoms with Crippen LogP contribution in [0, 0.1) is 12.7 Å². The van der Waals surface area contributed by atoms with Gasteiger partial charge in [-0.3, -0.25) is 0 Å². The van der Waals surface area contributed by atoms with Crippen LogP contribution in [0.1, 0.15) is 15.6 Å². The summed E-state index contributed by atoms with van der Waals surface area (Å²) in [5.41, 5.74) is 6.60. The maximum absolute atomic E-state index is 13.4. The maximum atomic E-state index is 13.4. The molecule has 96 valence electrons. The standard InChI is InChI=1S/C13H15FN2S2/c1-9-11(6-7-15)18-13(16-9)8-17-12-5-3-2-4-10(12)14/h2-5H,6-8,15H2,1H3. The summed E-state index contributed by atoms with van der Waals surface area (Å²) in [6.07, 6.45) is 0.869. The van der Waals surface area contributed by atoms with E-state index >= 15 is 0 Å². The average Bonchev–Trinajstić information content (AvgIpc) is 2.70. The molecule has 0 saturated heterocycles. The highest BCUT2D eigenvalue weighted by Gasteiger charge is 2.08. The highest BCUT2D eigenvalue weighted by molar-refractivity contribution is 7.98. The predicted molar refractivity (Wildman–Crippen MR) is 75.6 cm³/mol. The van der Waals surface area contributed by atoms with Crippen molar-refractivity contribution in [2.24, 2.45) is 5.73 Å². The number of rotatable bonds is 5. The number of thioether (sulfide) groups is 1. The number of hydrogen-bond acceptors (Lipinski definition) is 4. The van der Waals surface area contributed by atoms with Gasteiger partial charge in [-0.15, -0.1) is 23.1 Å². The number of hydrogen-bond donors (Lipinski definition) is 1. The van der Waals surface area contributed by atoms with Crippen molar-refractivity contribution in [3.8, 4) is 0 Å². The molecular formula is C13H15FN2S2. The lowest BCUT2D eigenvalue weighted by Gasteiger charge is -2.00. The summed E-state index contributed by atoms with van der Waals surface area (Å²) < 4.78 is 13.4. The molecule has 0 fully saturated rings. The summed E-state index contributed by atoms with van der Waals surface area (Å²) in [4.78, 5) is 6.40. The molecule has 0 aliphatic heterocycles. The molecule has 0 aliphatic rings. The zero-order chi connectivity index (χ0) is 13.0. The van der Waals surface area contributed by atoms with Crippen LogP contribution in [0.4, 0.5) is 4.39 Å². The predicted octanol–water partition coefficient (Wildman–Crippen LogP) is 3.38. The summed E-state index contributed by atoms with van der Waals surface area (Å²) in [7, 11) is 0. The molecule has 0 radical (unpaired) electrons. The van der Waals surface area contributed by atoms with Crippen LogP contribution in [0.25, 0.3) is 0 Å². The molecule has 0 bridgehead atoms. The van der Waals surface area contributed by atoms with Gasteiger partial charge in [0.1, 0.15) is 10.8 Å². The number of aryl methyl sites for hydroxylation is 1. The molecule has 1 heterocycles. The van der Waals surface area contributed by atoms with E-state index in [9.17, 15) is 4.39 Å². The summed E-state index contributed by atoms with van der Waals surface area (Å²) in [6, 6.07) is 6.82. The summed E-state index contributed by atoms with van der Waals surface area (Å²) in [6.45, 7) is 2.64. The molecule has 0 spiro atoms. The van der Waals surface area contributed by atoms with Gasteiger partial charge in [0.05, 0.1) is 11.4 Å². The van der Waals surface area contributed by atoms with Gasteiger partial charge in [0, 0.05) is 9.77 Å². The van der Waals surface area contributed by atoms with E-state index in [1.54, 1.807) is 23.5 Å². The molecule has 0 unspecified atom stereocenters. The topological polar surface area (TPSA) is 38.9 Å². The van der Waals surface area contributed by atoms with Gasteiger partial charge in [-0.1, -0.05) is 12.1 Å². The van der Waals surface area contributed by atoms with Gasteiger partial charge < -0.3 is 5.73 Å². The highest BCUT2D eigenvalue weighted by atomic mass is 32.2. The molecule has 1 aromatic heterocycles. The zero-order valence-corrected chi connectivity index (χ0v) is 11.8. The fourth-order valence-electron chi connectivity index (χ4n) is 1.61. The van der Waals surface area contributed by atoms with Crippen LogP contribution < -0.4 is 5.73 Å². The average molecular weight is 282 g/mol. The SMILES string of the molecule is Cc1nc(CSc2ccccc2F)sc1CCN. The Morgan fingerprint density at radius 2 is 2.17 bits per heavy atom. The third kappa shape index (κ3) is 3.31. The number of nitrogens with two attached hydrogens (primary N) is 1. The first-order valence-corrected chi connectivity index (χ1v) is 7.53. The van der Waals surface area contributed by atoms with Crippen molar-refractivity contribution in [2.75, 3.05) is 6.54 Å². The second-order valence-electron chi connectivity index (χ2n) is 3.87. The molecule has 0 saturated carbocycles. The largest absolute Gasteiger partial charge is 0.330 e. The van der Waals surface area contributed by atoms with E-state index < -0.39 is 0 Å². The molecule has 18 heavy (non-hydrogen) atoms. The zero-order valence-electron chi connectivity index (χ0n) is 10.1. The number of aromatic nitrogens is 1. The molecule has 2 aromatic rings. The van der Waals surface area contributed by atoms with E-state index in [0.717, 1.165) is 17.1 Å². The molecule has 5 heteroatoms. The van der Waals surface area contributed by atoms with Crippen molar-refractivity contribution in [3.63, 3.8) is 0 Å². The minimum atomic E-state index is -0.169. The number of halogens is 1. The van der Waals surface area contributed by atoms with Crippen LogP contribution in [-0.2, 0) is 12.2 Å². The maximum Gasteiger partial charge on any atom is 0.136 e. The lowest BCUT2D eigenvalue weighted by Crippen LogP contribution is -2.01. The van der Waals surface area contributed by atoms with Crippen molar-refractivity contribution < 1.29 is 4.39 Å². The first kappa shape index (κ1) is 13.5. The number of benzene rings is 1. The Balaban J connectivity index is 2.02. The van der Waals surface area contributed by atoms with E-state index in [-0.39, 0.29) is 5.82 Å². The van der Waals surface area contributed by atoms with Crippen molar-refractivity contribution in [1.29, 1.82) is 0 Å². The van der Waals surface area contributed by atoms with Gasteiger partial charge in [0.25, 0.3) is 0 Å². The van der Waals surface area contributed by atoms with Gasteiger partial charge in [-0.2, -0.15) is 0 Å². The van der Waals surface area contributed by atoms with Crippen molar-refractivity contribution >= 4 is 23.1 Å². The monoisotopic (exact) mass is 282 g/mol. The van der Waals surface area contributed by atoms with Gasteiger partial charge in [0.15, 0.2) is 0 Å². The third-order valence-corrected chi connectivity index (χ3v) is 4.96. The minimum Gasteiger partial charge on any atom is -0.330 e. The van der Waals surface area contributed by atoms with Gasteiger partial charge in [-0.05, 0) is 32.0 Å². The highest BCUT2D eigenvalue weighted by Crippen LogP contribution is 2.28. The Morgan fingerprint density at radius 1 is 1.39 bits per heavy atom. The van der Waals surface area contributed by atoms with Gasteiger partial charge in [0.2, 0.25) is 0 Å². The Hall–Kier alpha value is -0.910.